The van der Waals surface area contributed by atoms with Crippen molar-refractivity contribution in [2.45, 2.75) is 26.2 Å². The van der Waals surface area contributed by atoms with Crippen LogP contribution in [0.2, 0.25) is 0 Å². The lowest BCUT2D eigenvalue weighted by molar-refractivity contribution is 0.104. The van der Waals surface area contributed by atoms with E-state index in [-0.39, 0.29) is 11.2 Å². The molecule has 0 N–H and O–H groups in total. The summed E-state index contributed by atoms with van der Waals surface area (Å²) in [5, 5.41) is 8.42. The van der Waals surface area contributed by atoms with Crippen LogP contribution in [0.3, 0.4) is 0 Å². The van der Waals surface area contributed by atoms with Gasteiger partial charge in [-0.15, -0.1) is 5.10 Å². The highest BCUT2D eigenvalue weighted by Crippen LogP contribution is 2.33. The molecular weight excluding hydrogens is 286 g/mol. The van der Waals surface area contributed by atoms with Crippen LogP contribution in [-0.4, -0.2) is 20.8 Å². The first-order valence-corrected chi connectivity index (χ1v) is 7.67. The Labute approximate surface area is 134 Å². The van der Waals surface area contributed by atoms with Gasteiger partial charge < -0.3 is 0 Å². The zero-order valence-electron chi connectivity index (χ0n) is 13.4. The number of hydrogen-bond donors (Lipinski definition) is 0. The molecule has 1 aliphatic rings. The fourth-order valence-corrected chi connectivity index (χ4v) is 2.95. The Bertz CT molecular complexity index is 915. The van der Waals surface area contributed by atoms with Crippen molar-refractivity contribution >= 4 is 5.78 Å². The summed E-state index contributed by atoms with van der Waals surface area (Å²) in [5.74, 6) is -0.0134. The maximum absolute atomic E-state index is 12.7. The summed E-state index contributed by atoms with van der Waals surface area (Å²) in [6.07, 6.45) is 0. The van der Waals surface area contributed by atoms with Gasteiger partial charge in [0.25, 0.3) is 0 Å². The number of para-hydroxylation sites is 1. The summed E-state index contributed by atoms with van der Waals surface area (Å²) >= 11 is 0. The molecule has 3 aromatic rings. The molecular formula is C19H17N3O. The molecule has 0 saturated carbocycles. The number of carbonyl (C=O) groups excluding carboxylic acids is 1. The number of fused-ring (bicyclic) bond motifs is 3. The van der Waals surface area contributed by atoms with Crippen LogP contribution in [0.5, 0.6) is 0 Å². The number of benzene rings is 2. The smallest absolute Gasteiger partial charge is 0.215 e. The summed E-state index contributed by atoms with van der Waals surface area (Å²) in [4.78, 5) is 12.7. The highest BCUT2D eigenvalue weighted by Gasteiger charge is 2.32. The van der Waals surface area contributed by atoms with Crippen molar-refractivity contribution in [2.75, 3.05) is 0 Å². The SMILES string of the molecule is CC(C)(C)c1ccc(-c2nnn3c2C(=O)c2ccccc2-3)cc1. The van der Waals surface area contributed by atoms with Crippen molar-refractivity contribution in [3.05, 3.63) is 65.4 Å². The van der Waals surface area contributed by atoms with Gasteiger partial charge in [-0.3, -0.25) is 4.79 Å². The number of aromatic nitrogens is 3. The molecule has 23 heavy (non-hydrogen) atoms. The van der Waals surface area contributed by atoms with Crippen LogP contribution in [0.25, 0.3) is 16.9 Å². The number of nitrogens with zero attached hydrogens (tertiary/aromatic N) is 3. The van der Waals surface area contributed by atoms with E-state index in [1.165, 1.54) is 5.56 Å². The highest BCUT2D eigenvalue weighted by molar-refractivity contribution is 6.16. The molecule has 0 atom stereocenters. The van der Waals surface area contributed by atoms with E-state index in [4.69, 9.17) is 0 Å². The lowest BCUT2D eigenvalue weighted by atomic mass is 9.86. The van der Waals surface area contributed by atoms with Gasteiger partial charge in [-0.25, -0.2) is 4.68 Å². The molecule has 2 aromatic carbocycles. The maximum atomic E-state index is 12.7. The molecule has 4 rings (SSSR count). The van der Waals surface area contributed by atoms with E-state index >= 15 is 0 Å². The summed E-state index contributed by atoms with van der Waals surface area (Å²) in [5.41, 5.74) is 4.95. The van der Waals surface area contributed by atoms with Gasteiger partial charge in [0.15, 0.2) is 0 Å². The van der Waals surface area contributed by atoms with Crippen molar-refractivity contribution in [1.29, 1.82) is 0 Å². The van der Waals surface area contributed by atoms with Crippen molar-refractivity contribution in [3.63, 3.8) is 0 Å². The normalized spacial score (nSPS) is 13.1. The average Bonchev–Trinajstić information content (AvgIpc) is 3.08. The van der Waals surface area contributed by atoms with E-state index in [9.17, 15) is 4.79 Å². The zero-order chi connectivity index (χ0) is 16.2. The van der Waals surface area contributed by atoms with Crippen LogP contribution in [0, 0.1) is 0 Å². The number of hydrogen-bond acceptors (Lipinski definition) is 3. The van der Waals surface area contributed by atoms with Crippen LogP contribution in [-0.2, 0) is 5.41 Å². The van der Waals surface area contributed by atoms with Crippen molar-refractivity contribution in [1.82, 2.24) is 15.0 Å². The molecule has 0 aliphatic carbocycles. The molecule has 0 unspecified atom stereocenters. The molecule has 0 spiro atoms. The Morgan fingerprint density at radius 2 is 1.65 bits per heavy atom. The van der Waals surface area contributed by atoms with E-state index in [0.29, 0.717) is 17.0 Å². The summed E-state index contributed by atoms with van der Waals surface area (Å²) in [6, 6.07) is 15.7. The topological polar surface area (TPSA) is 47.8 Å². The predicted molar refractivity (Wildman–Crippen MR) is 88.9 cm³/mol. The van der Waals surface area contributed by atoms with Crippen LogP contribution >= 0.6 is 0 Å². The van der Waals surface area contributed by atoms with E-state index in [1.54, 1.807) is 4.68 Å². The highest BCUT2D eigenvalue weighted by atomic mass is 16.1. The Kier molecular flexibility index (Phi) is 2.79. The average molecular weight is 303 g/mol. The van der Waals surface area contributed by atoms with Crippen LogP contribution in [0.4, 0.5) is 0 Å². The first-order valence-electron chi connectivity index (χ1n) is 7.67. The van der Waals surface area contributed by atoms with Gasteiger partial charge in [-0.2, -0.15) is 0 Å². The Balaban J connectivity index is 1.82. The third-order valence-electron chi connectivity index (χ3n) is 4.29. The second kappa shape index (κ2) is 4.62. The molecule has 4 nitrogen and oxygen atoms in total. The molecule has 0 saturated heterocycles. The van der Waals surface area contributed by atoms with Gasteiger partial charge in [0, 0.05) is 5.56 Å². The monoisotopic (exact) mass is 303 g/mol. The third-order valence-corrected chi connectivity index (χ3v) is 4.29. The lowest BCUT2D eigenvalue weighted by Gasteiger charge is -2.18. The molecule has 4 heteroatoms. The lowest BCUT2D eigenvalue weighted by Crippen LogP contribution is -2.10. The fraction of sp³-hybridized carbons (Fsp3) is 0.211. The van der Waals surface area contributed by atoms with Gasteiger partial charge in [-0.05, 0) is 23.1 Å². The minimum atomic E-state index is -0.0134. The molecule has 0 bridgehead atoms. The van der Waals surface area contributed by atoms with E-state index < -0.39 is 0 Å². The maximum Gasteiger partial charge on any atom is 0.215 e. The quantitative estimate of drug-likeness (QED) is 0.537. The molecule has 114 valence electrons. The molecule has 1 aliphatic heterocycles. The van der Waals surface area contributed by atoms with Crippen molar-refractivity contribution in [3.8, 4) is 16.9 Å². The van der Waals surface area contributed by atoms with Gasteiger partial charge in [-0.1, -0.05) is 62.4 Å². The molecule has 1 aromatic heterocycles. The van der Waals surface area contributed by atoms with Crippen molar-refractivity contribution in [2.24, 2.45) is 0 Å². The van der Waals surface area contributed by atoms with Gasteiger partial charge in [0.05, 0.1) is 11.3 Å². The Hall–Kier alpha value is -2.75. The molecule has 0 amide bonds. The second-order valence-electron chi connectivity index (χ2n) is 6.87. The van der Waals surface area contributed by atoms with Gasteiger partial charge in [0.1, 0.15) is 11.4 Å². The summed E-state index contributed by atoms with van der Waals surface area (Å²) in [6.45, 7) is 6.54. The number of rotatable bonds is 1. The fourth-order valence-electron chi connectivity index (χ4n) is 2.95. The van der Waals surface area contributed by atoms with E-state index in [0.717, 1.165) is 11.3 Å². The minimum Gasteiger partial charge on any atom is -0.287 e. The van der Waals surface area contributed by atoms with Gasteiger partial charge in [0.2, 0.25) is 5.78 Å². The largest absolute Gasteiger partial charge is 0.287 e. The summed E-state index contributed by atoms with van der Waals surface area (Å²) in [7, 11) is 0. The summed E-state index contributed by atoms with van der Waals surface area (Å²) < 4.78 is 1.64. The van der Waals surface area contributed by atoms with Crippen LogP contribution in [0.1, 0.15) is 42.4 Å². The standard InChI is InChI=1S/C19H17N3O/c1-19(2,3)13-10-8-12(9-11-13)16-17-18(23)14-6-4-5-7-15(14)22(17)21-20-16/h4-11H,1-3H3. The van der Waals surface area contributed by atoms with Crippen LogP contribution in [0.15, 0.2) is 48.5 Å². The number of carbonyl (C=O) groups is 1. The minimum absolute atomic E-state index is 0.0134. The Morgan fingerprint density at radius 1 is 0.957 bits per heavy atom. The van der Waals surface area contributed by atoms with E-state index in [1.807, 2.05) is 36.4 Å². The molecule has 0 fully saturated rings. The zero-order valence-corrected chi connectivity index (χ0v) is 13.4. The number of ketones is 1. The predicted octanol–water partition coefficient (Wildman–Crippen LogP) is 3.78. The molecule has 2 heterocycles. The van der Waals surface area contributed by atoms with Crippen LogP contribution < -0.4 is 0 Å². The first kappa shape index (κ1) is 13.9. The van der Waals surface area contributed by atoms with E-state index in [2.05, 4.69) is 43.2 Å². The third kappa shape index (κ3) is 2.02. The second-order valence-corrected chi connectivity index (χ2v) is 6.87. The Morgan fingerprint density at radius 3 is 2.35 bits per heavy atom. The van der Waals surface area contributed by atoms with Gasteiger partial charge >= 0.3 is 0 Å². The molecule has 0 radical (unpaired) electrons. The first-order chi connectivity index (χ1) is 11.0. The van der Waals surface area contributed by atoms with Crippen molar-refractivity contribution < 1.29 is 4.79 Å².